The highest BCUT2D eigenvalue weighted by atomic mass is 19.1. The number of rotatable bonds is 4. The summed E-state index contributed by atoms with van der Waals surface area (Å²) in [6.45, 7) is 5.20. The van der Waals surface area contributed by atoms with Crippen LogP contribution in [0.15, 0.2) is 42.6 Å². The number of hydrogen-bond donors (Lipinski definition) is 2. The third kappa shape index (κ3) is 3.82. The standard InChI is InChI=1S/C23H27FN6O/c1-15-14-31-12-11-30(15)21-13-20(29(2)17-5-3-16(24)4-6-17)18-7-9-25-23(22(18)27-21)19-8-10-26-28-19/h3-7,9,13,15,19,26,28H,8,10-12,14H2,1-2H3/t15-,19?/m1/s1. The largest absolute Gasteiger partial charge is 0.377 e. The molecule has 2 aromatic heterocycles. The van der Waals surface area contributed by atoms with Crippen LogP contribution >= 0.6 is 0 Å². The molecule has 0 bridgehead atoms. The molecule has 2 aliphatic heterocycles. The van der Waals surface area contributed by atoms with Gasteiger partial charge in [0.05, 0.1) is 42.2 Å². The van der Waals surface area contributed by atoms with Gasteiger partial charge in [-0.1, -0.05) is 0 Å². The SMILES string of the molecule is C[C@@H]1COCCN1c1cc(N(C)c2ccc(F)cc2)c2ccnc(C3CCNN3)c2n1. The first-order chi connectivity index (χ1) is 15.1. The quantitative estimate of drug-likeness (QED) is 0.669. The number of hydrazine groups is 1. The van der Waals surface area contributed by atoms with Crippen molar-refractivity contribution < 1.29 is 9.13 Å². The molecular weight excluding hydrogens is 395 g/mol. The number of ether oxygens (including phenoxy) is 1. The van der Waals surface area contributed by atoms with Crippen molar-refractivity contribution in [3.05, 3.63) is 54.1 Å². The molecule has 2 fully saturated rings. The highest BCUT2D eigenvalue weighted by molar-refractivity contribution is 5.96. The summed E-state index contributed by atoms with van der Waals surface area (Å²) < 4.78 is 19.2. The molecule has 2 saturated heterocycles. The van der Waals surface area contributed by atoms with Crippen LogP contribution in [0.2, 0.25) is 0 Å². The number of halogens is 1. The number of nitrogens with one attached hydrogen (secondary N) is 2. The highest BCUT2D eigenvalue weighted by Crippen LogP contribution is 2.37. The minimum atomic E-state index is -0.245. The predicted molar refractivity (Wildman–Crippen MR) is 120 cm³/mol. The molecule has 1 aromatic carbocycles. The van der Waals surface area contributed by atoms with Gasteiger partial charge in [0, 0.05) is 43.5 Å². The molecule has 0 amide bonds. The molecule has 2 aliphatic rings. The first-order valence-electron chi connectivity index (χ1n) is 10.7. The molecule has 8 heteroatoms. The maximum absolute atomic E-state index is 13.5. The molecule has 0 spiro atoms. The summed E-state index contributed by atoms with van der Waals surface area (Å²) in [5, 5.41) is 1.02. The van der Waals surface area contributed by atoms with E-state index in [-0.39, 0.29) is 17.9 Å². The van der Waals surface area contributed by atoms with Gasteiger partial charge in [-0.25, -0.2) is 14.8 Å². The molecule has 31 heavy (non-hydrogen) atoms. The first kappa shape index (κ1) is 20.1. The van der Waals surface area contributed by atoms with E-state index in [4.69, 9.17) is 14.7 Å². The van der Waals surface area contributed by atoms with E-state index >= 15 is 0 Å². The Hall–Kier alpha value is -2.81. The first-order valence-corrected chi connectivity index (χ1v) is 10.7. The smallest absolute Gasteiger partial charge is 0.131 e. The summed E-state index contributed by atoms with van der Waals surface area (Å²) in [6, 6.07) is 11.0. The lowest BCUT2D eigenvalue weighted by molar-refractivity contribution is 0.0986. The minimum Gasteiger partial charge on any atom is -0.377 e. The highest BCUT2D eigenvalue weighted by Gasteiger charge is 2.26. The fourth-order valence-electron chi connectivity index (χ4n) is 4.38. The molecule has 2 N–H and O–H groups in total. The van der Waals surface area contributed by atoms with E-state index in [2.05, 4.69) is 33.6 Å². The van der Waals surface area contributed by atoms with E-state index in [1.54, 1.807) is 12.1 Å². The molecule has 162 valence electrons. The molecule has 0 radical (unpaired) electrons. The van der Waals surface area contributed by atoms with Crippen molar-refractivity contribution in [3.63, 3.8) is 0 Å². The summed E-state index contributed by atoms with van der Waals surface area (Å²) in [5.41, 5.74) is 10.3. The van der Waals surface area contributed by atoms with Gasteiger partial charge in [-0.05, 0) is 43.7 Å². The van der Waals surface area contributed by atoms with E-state index in [1.165, 1.54) is 12.1 Å². The molecule has 5 rings (SSSR count). The van der Waals surface area contributed by atoms with Gasteiger partial charge in [0.25, 0.3) is 0 Å². The Morgan fingerprint density at radius 3 is 2.81 bits per heavy atom. The molecule has 4 heterocycles. The van der Waals surface area contributed by atoms with Crippen molar-refractivity contribution in [3.8, 4) is 0 Å². The van der Waals surface area contributed by atoms with Gasteiger partial charge in [0.15, 0.2) is 0 Å². The maximum atomic E-state index is 13.5. The van der Waals surface area contributed by atoms with Crippen molar-refractivity contribution >= 4 is 28.1 Å². The lowest BCUT2D eigenvalue weighted by Gasteiger charge is -2.35. The number of pyridine rings is 2. The number of morpholine rings is 1. The molecule has 2 atom stereocenters. The number of fused-ring (bicyclic) bond motifs is 1. The zero-order valence-corrected chi connectivity index (χ0v) is 17.8. The summed E-state index contributed by atoms with van der Waals surface area (Å²) in [4.78, 5) is 14.2. The second-order valence-electron chi connectivity index (χ2n) is 8.16. The summed E-state index contributed by atoms with van der Waals surface area (Å²) >= 11 is 0. The van der Waals surface area contributed by atoms with Gasteiger partial charge < -0.3 is 14.5 Å². The van der Waals surface area contributed by atoms with Crippen molar-refractivity contribution in [1.29, 1.82) is 0 Å². The van der Waals surface area contributed by atoms with Crippen molar-refractivity contribution in [1.82, 2.24) is 20.8 Å². The molecule has 0 aliphatic carbocycles. The van der Waals surface area contributed by atoms with Crippen LogP contribution in [0.1, 0.15) is 25.1 Å². The molecule has 3 aromatic rings. The average molecular weight is 423 g/mol. The Morgan fingerprint density at radius 1 is 1.23 bits per heavy atom. The number of anilines is 3. The third-order valence-corrected chi connectivity index (χ3v) is 6.12. The van der Waals surface area contributed by atoms with Crippen LogP contribution in [0.4, 0.5) is 21.6 Å². The minimum absolute atomic E-state index is 0.109. The van der Waals surface area contributed by atoms with E-state index in [9.17, 15) is 4.39 Å². The lowest BCUT2D eigenvalue weighted by Crippen LogP contribution is -2.44. The predicted octanol–water partition coefficient (Wildman–Crippen LogP) is 3.30. The van der Waals surface area contributed by atoms with Gasteiger partial charge in [0.1, 0.15) is 11.6 Å². The van der Waals surface area contributed by atoms with Gasteiger partial charge in [0.2, 0.25) is 0 Å². The topological polar surface area (TPSA) is 65.6 Å². The number of hydrogen-bond acceptors (Lipinski definition) is 7. The van der Waals surface area contributed by atoms with Gasteiger partial charge in [-0.3, -0.25) is 10.4 Å². The maximum Gasteiger partial charge on any atom is 0.131 e. The van der Waals surface area contributed by atoms with E-state index in [1.807, 2.05) is 19.3 Å². The van der Waals surface area contributed by atoms with E-state index < -0.39 is 0 Å². The van der Waals surface area contributed by atoms with Crippen molar-refractivity contribution in [2.24, 2.45) is 0 Å². The van der Waals surface area contributed by atoms with Crippen molar-refractivity contribution in [2.45, 2.75) is 25.4 Å². The van der Waals surface area contributed by atoms with E-state index in [0.717, 1.165) is 53.3 Å². The Kier molecular flexibility index (Phi) is 5.43. The Morgan fingerprint density at radius 2 is 2.06 bits per heavy atom. The van der Waals surface area contributed by atoms with E-state index in [0.29, 0.717) is 13.2 Å². The second kappa shape index (κ2) is 8.37. The van der Waals surface area contributed by atoms with Crippen LogP contribution in [-0.2, 0) is 4.74 Å². The van der Waals surface area contributed by atoms with Gasteiger partial charge in [-0.15, -0.1) is 0 Å². The lowest BCUT2D eigenvalue weighted by atomic mass is 10.1. The Labute approximate surface area is 181 Å². The monoisotopic (exact) mass is 422 g/mol. The Balaban J connectivity index is 1.68. The molecule has 0 saturated carbocycles. The van der Waals surface area contributed by atoms with Crippen LogP contribution in [-0.4, -0.2) is 49.4 Å². The normalized spacial score (nSPS) is 21.6. The van der Waals surface area contributed by atoms with Crippen LogP contribution < -0.4 is 20.7 Å². The summed E-state index contributed by atoms with van der Waals surface area (Å²) in [6.07, 6.45) is 2.80. The Bertz CT molecular complexity index is 1070. The van der Waals surface area contributed by atoms with Gasteiger partial charge in [-0.2, -0.15) is 0 Å². The van der Waals surface area contributed by atoms with Crippen LogP contribution in [0.25, 0.3) is 10.9 Å². The fourth-order valence-corrected chi connectivity index (χ4v) is 4.38. The number of benzene rings is 1. The van der Waals surface area contributed by atoms with Crippen LogP contribution in [0.5, 0.6) is 0 Å². The summed E-state index contributed by atoms with van der Waals surface area (Å²) in [5.74, 6) is 0.665. The molecular formula is C23H27FN6O. The third-order valence-electron chi connectivity index (χ3n) is 6.12. The summed E-state index contributed by atoms with van der Waals surface area (Å²) in [7, 11) is 2.00. The zero-order valence-electron chi connectivity index (χ0n) is 17.8. The van der Waals surface area contributed by atoms with Gasteiger partial charge >= 0.3 is 0 Å². The number of aromatic nitrogens is 2. The van der Waals surface area contributed by atoms with Crippen LogP contribution in [0.3, 0.4) is 0 Å². The number of nitrogens with zero attached hydrogens (tertiary/aromatic N) is 4. The molecule has 1 unspecified atom stereocenters. The zero-order chi connectivity index (χ0) is 21.4. The molecule has 7 nitrogen and oxygen atoms in total. The van der Waals surface area contributed by atoms with Crippen LogP contribution in [0, 0.1) is 5.82 Å². The fraction of sp³-hybridized carbons (Fsp3) is 0.391. The van der Waals surface area contributed by atoms with Crippen molar-refractivity contribution in [2.75, 3.05) is 43.2 Å². The second-order valence-corrected chi connectivity index (χ2v) is 8.16. The average Bonchev–Trinajstić information content (AvgIpc) is 3.33.